The van der Waals surface area contributed by atoms with Crippen LogP contribution in [0.25, 0.3) is 0 Å². The molecule has 1 atom stereocenters. The van der Waals surface area contributed by atoms with Crippen LogP contribution < -0.4 is 5.09 Å². The summed E-state index contributed by atoms with van der Waals surface area (Å²) in [6.45, 7) is 0.739. The second-order valence-corrected chi connectivity index (χ2v) is 3.20. The molecule has 12 heavy (non-hydrogen) atoms. The Morgan fingerprint density at radius 2 is 2.58 bits per heavy atom. The van der Waals surface area contributed by atoms with E-state index < -0.39 is 0 Å². The Morgan fingerprint density at radius 3 is 3.17 bits per heavy atom. The molecule has 0 amide bonds. The highest BCUT2D eigenvalue weighted by molar-refractivity contribution is 7.13. The van der Waals surface area contributed by atoms with Crippen LogP contribution >= 0.6 is 9.39 Å². The standard InChI is InChI=1S/C8H14NO2P/c10-8(5-9-12)11-6-7-3-1-2-4-7/h3,9H,1-2,4-6,12H2. The maximum atomic E-state index is 10.9. The van der Waals surface area contributed by atoms with E-state index in [-0.39, 0.29) is 12.5 Å². The predicted molar refractivity (Wildman–Crippen MR) is 50.6 cm³/mol. The molecule has 0 radical (unpaired) electrons. The maximum absolute atomic E-state index is 10.9. The van der Waals surface area contributed by atoms with E-state index >= 15 is 0 Å². The fourth-order valence-corrected chi connectivity index (χ4v) is 1.34. The van der Waals surface area contributed by atoms with Crippen LogP contribution in [0, 0.1) is 0 Å². The molecule has 1 aliphatic carbocycles. The zero-order valence-corrected chi connectivity index (χ0v) is 8.16. The Kier molecular flexibility index (Phi) is 4.26. The molecular formula is C8H14NO2P. The molecule has 0 aromatic carbocycles. The van der Waals surface area contributed by atoms with Gasteiger partial charge < -0.3 is 4.74 Å². The topological polar surface area (TPSA) is 38.3 Å². The lowest BCUT2D eigenvalue weighted by atomic mass is 10.2. The third-order valence-corrected chi connectivity index (χ3v) is 2.00. The van der Waals surface area contributed by atoms with Gasteiger partial charge in [0.1, 0.15) is 6.61 Å². The van der Waals surface area contributed by atoms with E-state index in [2.05, 4.69) is 20.6 Å². The van der Waals surface area contributed by atoms with Crippen LogP contribution in [0.2, 0.25) is 0 Å². The van der Waals surface area contributed by atoms with Crippen molar-refractivity contribution in [3.05, 3.63) is 11.6 Å². The molecule has 1 unspecified atom stereocenters. The summed E-state index contributed by atoms with van der Waals surface area (Å²) in [6, 6.07) is 0. The monoisotopic (exact) mass is 187 g/mol. The molecule has 0 saturated heterocycles. The van der Waals surface area contributed by atoms with Gasteiger partial charge in [-0.15, -0.1) is 0 Å². The maximum Gasteiger partial charge on any atom is 0.320 e. The normalized spacial score (nSPS) is 15.9. The molecule has 0 bridgehead atoms. The molecule has 0 aliphatic heterocycles. The Bertz CT molecular complexity index is 191. The minimum atomic E-state index is -0.196. The van der Waals surface area contributed by atoms with Crippen molar-refractivity contribution in [2.45, 2.75) is 19.3 Å². The summed E-state index contributed by atoms with van der Waals surface area (Å²) in [6.07, 6.45) is 5.58. The van der Waals surface area contributed by atoms with E-state index in [1.54, 1.807) is 0 Å². The van der Waals surface area contributed by atoms with Crippen LogP contribution in [-0.4, -0.2) is 19.1 Å². The highest BCUT2D eigenvalue weighted by Crippen LogP contribution is 2.17. The number of hydrogen-bond acceptors (Lipinski definition) is 3. The number of ether oxygens (including phenoxy) is 1. The van der Waals surface area contributed by atoms with E-state index in [1.165, 1.54) is 12.0 Å². The SMILES string of the molecule is O=C(CNP)OCC1=CCCC1. The van der Waals surface area contributed by atoms with Gasteiger partial charge in [-0.05, 0) is 24.8 Å². The van der Waals surface area contributed by atoms with Gasteiger partial charge in [0, 0.05) is 0 Å². The molecule has 0 aromatic rings. The summed E-state index contributed by atoms with van der Waals surface area (Å²) in [5, 5.41) is 2.67. The van der Waals surface area contributed by atoms with Crippen LogP contribution in [0.4, 0.5) is 0 Å². The predicted octanol–water partition coefficient (Wildman–Crippen LogP) is 1.02. The van der Waals surface area contributed by atoms with Crippen LogP contribution in [-0.2, 0) is 9.53 Å². The Labute approximate surface area is 74.8 Å². The van der Waals surface area contributed by atoms with E-state index in [4.69, 9.17) is 4.74 Å². The van der Waals surface area contributed by atoms with Gasteiger partial charge in [0.25, 0.3) is 0 Å². The first-order valence-corrected chi connectivity index (χ1v) is 4.67. The average Bonchev–Trinajstić information content (AvgIpc) is 2.53. The Hall–Kier alpha value is -0.400. The quantitative estimate of drug-likeness (QED) is 0.405. The fourth-order valence-electron chi connectivity index (χ4n) is 1.18. The molecule has 1 rings (SSSR count). The van der Waals surface area contributed by atoms with E-state index in [0.717, 1.165) is 12.8 Å². The number of allylic oxidation sites excluding steroid dienone is 1. The van der Waals surface area contributed by atoms with Gasteiger partial charge in [0.05, 0.1) is 6.54 Å². The Balaban J connectivity index is 2.12. The second kappa shape index (κ2) is 5.28. The largest absolute Gasteiger partial charge is 0.460 e. The summed E-state index contributed by atoms with van der Waals surface area (Å²) in [5.41, 5.74) is 1.26. The fraction of sp³-hybridized carbons (Fsp3) is 0.625. The molecule has 4 heteroatoms. The molecule has 0 heterocycles. The van der Waals surface area contributed by atoms with Crippen molar-refractivity contribution in [3.8, 4) is 0 Å². The molecule has 1 aliphatic rings. The zero-order chi connectivity index (χ0) is 8.81. The van der Waals surface area contributed by atoms with E-state index in [0.29, 0.717) is 6.61 Å². The summed E-state index contributed by atoms with van der Waals surface area (Å²) < 4.78 is 4.98. The number of carbonyl (C=O) groups is 1. The van der Waals surface area contributed by atoms with Crippen LogP contribution in [0.15, 0.2) is 11.6 Å². The minimum absolute atomic E-state index is 0.196. The van der Waals surface area contributed by atoms with Crippen molar-refractivity contribution in [3.63, 3.8) is 0 Å². The van der Waals surface area contributed by atoms with Gasteiger partial charge in [0.15, 0.2) is 0 Å². The Morgan fingerprint density at radius 1 is 1.75 bits per heavy atom. The molecule has 0 saturated carbocycles. The molecule has 3 nitrogen and oxygen atoms in total. The average molecular weight is 187 g/mol. The van der Waals surface area contributed by atoms with Crippen LogP contribution in [0.5, 0.6) is 0 Å². The molecule has 0 aromatic heterocycles. The number of rotatable bonds is 4. The molecule has 0 fully saturated rings. The van der Waals surface area contributed by atoms with Crippen molar-refractivity contribution >= 4 is 15.4 Å². The summed E-state index contributed by atoms with van der Waals surface area (Å²) in [5.74, 6) is -0.196. The van der Waals surface area contributed by atoms with E-state index in [9.17, 15) is 4.79 Å². The van der Waals surface area contributed by atoms with Gasteiger partial charge in [-0.3, -0.25) is 9.88 Å². The lowest BCUT2D eigenvalue weighted by Crippen LogP contribution is -2.17. The highest BCUT2D eigenvalue weighted by Gasteiger charge is 2.06. The van der Waals surface area contributed by atoms with Gasteiger partial charge >= 0.3 is 5.97 Å². The first-order valence-electron chi connectivity index (χ1n) is 4.10. The summed E-state index contributed by atoms with van der Waals surface area (Å²) in [4.78, 5) is 10.9. The van der Waals surface area contributed by atoms with Crippen molar-refractivity contribution in [1.82, 2.24) is 5.09 Å². The third kappa shape index (κ3) is 3.33. The number of esters is 1. The minimum Gasteiger partial charge on any atom is -0.460 e. The lowest BCUT2D eigenvalue weighted by Gasteiger charge is -2.04. The third-order valence-electron chi connectivity index (χ3n) is 1.80. The van der Waals surface area contributed by atoms with Crippen LogP contribution in [0.3, 0.4) is 0 Å². The first-order chi connectivity index (χ1) is 5.83. The van der Waals surface area contributed by atoms with Gasteiger partial charge in [-0.2, -0.15) is 0 Å². The zero-order valence-electron chi connectivity index (χ0n) is 7.01. The van der Waals surface area contributed by atoms with Crippen molar-refractivity contribution in [2.75, 3.05) is 13.2 Å². The first kappa shape index (κ1) is 9.69. The van der Waals surface area contributed by atoms with Gasteiger partial charge in [0.2, 0.25) is 0 Å². The smallest absolute Gasteiger partial charge is 0.320 e. The highest BCUT2D eigenvalue weighted by atomic mass is 31.0. The molecule has 1 N–H and O–H groups in total. The number of nitrogens with one attached hydrogen (secondary N) is 1. The lowest BCUT2D eigenvalue weighted by molar-refractivity contribution is -0.141. The van der Waals surface area contributed by atoms with Gasteiger partial charge in [-0.25, -0.2) is 0 Å². The number of carbonyl (C=O) groups excluding carboxylic acids is 1. The second-order valence-electron chi connectivity index (χ2n) is 2.80. The molecule has 0 spiro atoms. The van der Waals surface area contributed by atoms with Crippen molar-refractivity contribution in [2.24, 2.45) is 0 Å². The van der Waals surface area contributed by atoms with Gasteiger partial charge in [-0.1, -0.05) is 15.5 Å². The van der Waals surface area contributed by atoms with Crippen molar-refractivity contribution < 1.29 is 9.53 Å². The van der Waals surface area contributed by atoms with Crippen LogP contribution in [0.1, 0.15) is 19.3 Å². The number of hydrogen-bond donors (Lipinski definition) is 1. The molecule has 68 valence electrons. The summed E-state index contributed by atoms with van der Waals surface area (Å²) >= 11 is 0. The van der Waals surface area contributed by atoms with E-state index in [1.807, 2.05) is 0 Å². The molecular weight excluding hydrogens is 173 g/mol. The summed E-state index contributed by atoms with van der Waals surface area (Å²) in [7, 11) is 2.27. The van der Waals surface area contributed by atoms with Crippen molar-refractivity contribution in [1.29, 1.82) is 0 Å².